The fourth-order valence-corrected chi connectivity index (χ4v) is 2.64. The van der Waals surface area contributed by atoms with E-state index in [-0.39, 0.29) is 29.6 Å². The summed E-state index contributed by atoms with van der Waals surface area (Å²) in [5, 5.41) is 3.12. The average molecular weight is 353 g/mol. The Morgan fingerprint density at radius 2 is 2.00 bits per heavy atom. The molecular formula is C15H20ClF3N2O2. The van der Waals surface area contributed by atoms with Crippen molar-refractivity contribution >= 4 is 18.3 Å². The zero-order chi connectivity index (χ0) is 16.2. The Labute approximate surface area is 139 Å². The number of ether oxygens (including phenoxy) is 1. The van der Waals surface area contributed by atoms with Crippen molar-refractivity contribution in [3.05, 3.63) is 29.8 Å². The molecule has 1 aromatic carbocycles. The number of halogens is 4. The molecule has 1 amide bonds. The molecule has 1 aliphatic rings. The van der Waals surface area contributed by atoms with Gasteiger partial charge >= 0.3 is 6.36 Å². The minimum absolute atomic E-state index is 0. The number of likely N-dealkylation sites (tertiary alicyclic amines) is 1. The largest absolute Gasteiger partial charge is 0.573 e. The second-order valence-electron chi connectivity index (χ2n) is 5.37. The number of alkyl halides is 3. The molecule has 1 saturated heterocycles. The van der Waals surface area contributed by atoms with Crippen molar-refractivity contribution in [2.75, 3.05) is 26.7 Å². The maximum absolute atomic E-state index is 12.4. The summed E-state index contributed by atoms with van der Waals surface area (Å²) in [7, 11) is 1.89. The highest BCUT2D eigenvalue weighted by molar-refractivity contribution is 5.94. The van der Waals surface area contributed by atoms with Gasteiger partial charge in [-0.3, -0.25) is 4.79 Å². The Morgan fingerprint density at radius 1 is 1.35 bits per heavy atom. The average Bonchev–Trinajstić information content (AvgIpc) is 2.46. The van der Waals surface area contributed by atoms with Crippen LogP contribution in [0, 0.1) is 5.92 Å². The molecule has 2 rings (SSSR count). The molecule has 1 heterocycles. The van der Waals surface area contributed by atoms with Gasteiger partial charge in [-0.15, -0.1) is 25.6 Å². The number of nitrogens with zero attached hydrogens (tertiary/aromatic N) is 1. The molecule has 0 aromatic heterocycles. The van der Waals surface area contributed by atoms with Crippen LogP contribution in [-0.4, -0.2) is 43.9 Å². The first-order valence-corrected chi connectivity index (χ1v) is 7.19. The number of benzene rings is 1. The topological polar surface area (TPSA) is 41.6 Å². The minimum atomic E-state index is -4.76. The van der Waals surface area contributed by atoms with Crippen LogP contribution >= 0.6 is 12.4 Å². The van der Waals surface area contributed by atoms with Gasteiger partial charge in [-0.05, 0) is 50.6 Å². The van der Waals surface area contributed by atoms with Crippen molar-refractivity contribution < 1.29 is 22.7 Å². The molecule has 1 aromatic rings. The molecule has 0 saturated carbocycles. The highest BCUT2D eigenvalue weighted by Crippen LogP contribution is 2.25. The quantitative estimate of drug-likeness (QED) is 0.905. The van der Waals surface area contributed by atoms with E-state index in [9.17, 15) is 18.0 Å². The molecule has 23 heavy (non-hydrogen) atoms. The second kappa shape index (κ2) is 8.40. The number of hydrogen-bond donors (Lipinski definition) is 1. The van der Waals surface area contributed by atoms with Crippen molar-refractivity contribution in [1.82, 2.24) is 10.2 Å². The molecular weight excluding hydrogens is 333 g/mol. The number of piperidine rings is 1. The van der Waals surface area contributed by atoms with Crippen LogP contribution in [0.25, 0.3) is 0 Å². The molecule has 1 fully saturated rings. The van der Waals surface area contributed by atoms with Crippen molar-refractivity contribution in [3.63, 3.8) is 0 Å². The van der Waals surface area contributed by atoms with Crippen LogP contribution in [0.2, 0.25) is 0 Å². The van der Waals surface area contributed by atoms with Crippen molar-refractivity contribution in [1.29, 1.82) is 0 Å². The summed E-state index contributed by atoms with van der Waals surface area (Å²) in [6, 6.07) is 5.21. The Bertz CT molecular complexity index is 518. The van der Waals surface area contributed by atoms with E-state index in [1.54, 1.807) is 4.90 Å². The van der Waals surface area contributed by atoms with Gasteiger partial charge in [-0.1, -0.05) is 6.07 Å². The van der Waals surface area contributed by atoms with Crippen LogP contribution in [-0.2, 0) is 0 Å². The normalized spacial score (nSPS) is 15.9. The third kappa shape index (κ3) is 5.91. The number of hydrogen-bond acceptors (Lipinski definition) is 3. The SMILES string of the molecule is CNCC1CCN(C(=O)c2cccc(OC(F)(F)F)c2)CC1.Cl. The van der Waals surface area contributed by atoms with Gasteiger partial charge in [0.1, 0.15) is 5.75 Å². The summed E-state index contributed by atoms with van der Waals surface area (Å²) in [5.41, 5.74) is 0.216. The van der Waals surface area contributed by atoms with Gasteiger partial charge in [0.05, 0.1) is 0 Å². The van der Waals surface area contributed by atoms with Gasteiger partial charge < -0.3 is 15.0 Å². The van der Waals surface area contributed by atoms with Gasteiger partial charge in [0.25, 0.3) is 5.91 Å². The van der Waals surface area contributed by atoms with Crippen LogP contribution in [0.1, 0.15) is 23.2 Å². The van der Waals surface area contributed by atoms with E-state index in [0.717, 1.165) is 25.5 Å². The molecule has 1 N–H and O–H groups in total. The summed E-state index contributed by atoms with van der Waals surface area (Å²) in [4.78, 5) is 14.0. The fourth-order valence-electron chi connectivity index (χ4n) is 2.64. The Kier molecular flexibility index (Phi) is 7.15. The van der Waals surface area contributed by atoms with E-state index >= 15 is 0 Å². The summed E-state index contributed by atoms with van der Waals surface area (Å²) < 4.78 is 40.5. The van der Waals surface area contributed by atoms with Crippen molar-refractivity contribution in [2.45, 2.75) is 19.2 Å². The molecule has 0 atom stereocenters. The van der Waals surface area contributed by atoms with Crippen LogP contribution in [0.3, 0.4) is 0 Å². The summed E-state index contributed by atoms with van der Waals surface area (Å²) in [5.74, 6) is -0.0899. The number of nitrogens with one attached hydrogen (secondary N) is 1. The zero-order valence-corrected chi connectivity index (χ0v) is 13.5. The van der Waals surface area contributed by atoms with Gasteiger partial charge in [-0.2, -0.15) is 0 Å². The molecule has 1 aliphatic heterocycles. The van der Waals surface area contributed by atoms with Gasteiger partial charge in [0.2, 0.25) is 0 Å². The predicted molar refractivity (Wildman–Crippen MR) is 82.9 cm³/mol. The monoisotopic (exact) mass is 352 g/mol. The summed E-state index contributed by atoms with van der Waals surface area (Å²) in [6.45, 7) is 2.15. The standard InChI is InChI=1S/C15H19F3N2O2.ClH/c1-19-10-11-5-7-20(8-6-11)14(21)12-3-2-4-13(9-12)22-15(16,17)18;/h2-4,9,11,19H,5-8,10H2,1H3;1H. The number of amides is 1. The molecule has 0 radical (unpaired) electrons. The third-order valence-electron chi connectivity index (χ3n) is 3.71. The lowest BCUT2D eigenvalue weighted by Crippen LogP contribution is -2.40. The van der Waals surface area contributed by atoms with Crippen LogP contribution in [0.4, 0.5) is 13.2 Å². The minimum Gasteiger partial charge on any atom is -0.406 e. The highest BCUT2D eigenvalue weighted by Gasteiger charge is 2.31. The van der Waals surface area contributed by atoms with E-state index in [1.807, 2.05) is 7.05 Å². The smallest absolute Gasteiger partial charge is 0.406 e. The van der Waals surface area contributed by atoms with Crippen molar-refractivity contribution in [2.24, 2.45) is 5.92 Å². The number of carbonyl (C=O) groups excluding carboxylic acids is 1. The van der Waals surface area contributed by atoms with E-state index in [1.165, 1.54) is 18.2 Å². The van der Waals surface area contributed by atoms with E-state index in [2.05, 4.69) is 10.1 Å². The highest BCUT2D eigenvalue weighted by atomic mass is 35.5. The maximum Gasteiger partial charge on any atom is 0.573 e. The predicted octanol–water partition coefficient (Wildman–Crippen LogP) is 3.08. The van der Waals surface area contributed by atoms with Crippen LogP contribution < -0.4 is 10.1 Å². The summed E-state index contributed by atoms with van der Waals surface area (Å²) >= 11 is 0. The zero-order valence-electron chi connectivity index (χ0n) is 12.7. The second-order valence-corrected chi connectivity index (χ2v) is 5.37. The number of rotatable bonds is 4. The lowest BCUT2D eigenvalue weighted by molar-refractivity contribution is -0.274. The fraction of sp³-hybridized carbons (Fsp3) is 0.533. The first kappa shape index (κ1) is 19.6. The lowest BCUT2D eigenvalue weighted by Gasteiger charge is -2.32. The molecule has 130 valence electrons. The van der Waals surface area contributed by atoms with E-state index in [4.69, 9.17) is 0 Å². The molecule has 0 bridgehead atoms. The Balaban J connectivity index is 0.00000264. The molecule has 4 nitrogen and oxygen atoms in total. The first-order chi connectivity index (χ1) is 10.4. The van der Waals surface area contributed by atoms with Gasteiger partial charge in [0.15, 0.2) is 0 Å². The molecule has 0 spiro atoms. The van der Waals surface area contributed by atoms with Crippen molar-refractivity contribution in [3.8, 4) is 5.75 Å². The molecule has 0 unspecified atom stereocenters. The van der Waals surface area contributed by atoms with E-state index in [0.29, 0.717) is 19.0 Å². The first-order valence-electron chi connectivity index (χ1n) is 7.19. The van der Waals surface area contributed by atoms with Crippen LogP contribution in [0.5, 0.6) is 5.75 Å². The third-order valence-corrected chi connectivity index (χ3v) is 3.71. The van der Waals surface area contributed by atoms with Crippen LogP contribution in [0.15, 0.2) is 24.3 Å². The number of carbonyl (C=O) groups is 1. The van der Waals surface area contributed by atoms with Gasteiger partial charge in [-0.25, -0.2) is 0 Å². The summed E-state index contributed by atoms with van der Waals surface area (Å²) in [6.07, 6.45) is -2.97. The van der Waals surface area contributed by atoms with Gasteiger partial charge in [0, 0.05) is 18.7 Å². The lowest BCUT2D eigenvalue weighted by atomic mass is 9.96. The molecule has 8 heteroatoms. The van der Waals surface area contributed by atoms with E-state index < -0.39 is 6.36 Å². The Morgan fingerprint density at radius 3 is 2.57 bits per heavy atom. The Hall–Kier alpha value is -1.47. The molecule has 0 aliphatic carbocycles. The maximum atomic E-state index is 12.4.